The minimum absolute atomic E-state index is 0.303. The molecular weight excluding hydrogens is 222 g/mol. The van der Waals surface area contributed by atoms with Crippen molar-refractivity contribution in [3.8, 4) is 0 Å². The second-order valence-corrected chi connectivity index (χ2v) is 5.58. The van der Waals surface area contributed by atoms with Crippen LogP contribution in [0.4, 0.5) is 0 Å². The van der Waals surface area contributed by atoms with Crippen LogP contribution in [-0.4, -0.2) is 30.6 Å². The van der Waals surface area contributed by atoms with Crippen molar-refractivity contribution >= 4 is 0 Å². The zero-order valence-electron chi connectivity index (χ0n) is 11.5. The third kappa shape index (κ3) is 2.08. The van der Waals surface area contributed by atoms with E-state index in [1.807, 2.05) is 0 Å². The number of hydrogen-bond donors (Lipinski definition) is 0. The van der Waals surface area contributed by atoms with Gasteiger partial charge in [0.05, 0.1) is 12.7 Å². The van der Waals surface area contributed by atoms with E-state index in [-0.39, 0.29) is 0 Å². The molecule has 2 heteroatoms. The molecule has 98 valence electrons. The molecule has 1 aromatic carbocycles. The summed E-state index contributed by atoms with van der Waals surface area (Å²) in [7, 11) is 0. The SMILES string of the molecule is CCN1CCC[C@H]1[C@@H]1OCCc2cc(C)ccc21. The van der Waals surface area contributed by atoms with Gasteiger partial charge in [-0.15, -0.1) is 0 Å². The summed E-state index contributed by atoms with van der Waals surface area (Å²) >= 11 is 0. The minimum Gasteiger partial charge on any atom is -0.372 e. The lowest BCUT2D eigenvalue weighted by Crippen LogP contribution is -2.37. The molecule has 2 atom stereocenters. The van der Waals surface area contributed by atoms with E-state index >= 15 is 0 Å². The Morgan fingerprint density at radius 3 is 3.11 bits per heavy atom. The maximum absolute atomic E-state index is 6.12. The first kappa shape index (κ1) is 12.2. The summed E-state index contributed by atoms with van der Waals surface area (Å²) in [5.74, 6) is 0. The summed E-state index contributed by atoms with van der Waals surface area (Å²) in [6.45, 7) is 7.71. The van der Waals surface area contributed by atoms with Crippen LogP contribution in [0, 0.1) is 6.92 Å². The van der Waals surface area contributed by atoms with Crippen LogP contribution in [0.3, 0.4) is 0 Å². The molecule has 0 radical (unpaired) electrons. The highest BCUT2D eigenvalue weighted by atomic mass is 16.5. The topological polar surface area (TPSA) is 12.5 Å². The predicted octanol–water partition coefficient (Wildman–Crippen LogP) is 3.09. The Kier molecular flexibility index (Phi) is 3.40. The Morgan fingerprint density at radius 2 is 2.28 bits per heavy atom. The van der Waals surface area contributed by atoms with Crippen LogP contribution in [0.25, 0.3) is 0 Å². The average molecular weight is 245 g/mol. The van der Waals surface area contributed by atoms with Crippen molar-refractivity contribution in [3.05, 3.63) is 34.9 Å². The second-order valence-electron chi connectivity index (χ2n) is 5.58. The fourth-order valence-corrected chi connectivity index (χ4v) is 3.52. The van der Waals surface area contributed by atoms with Crippen molar-refractivity contribution in [1.82, 2.24) is 4.90 Å². The molecule has 0 unspecified atom stereocenters. The van der Waals surface area contributed by atoms with Crippen LogP contribution >= 0.6 is 0 Å². The summed E-state index contributed by atoms with van der Waals surface area (Å²) in [5, 5.41) is 0. The molecule has 18 heavy (non-hydrogen) atoms. The number of aryl methyl sites for hydroxylation is 1. The van der Waals surface area contributed by atoms with Gasteiger partial charge in [-0.2, -0.15) is 0 Å². The van der Waals surface area contributed by atoms with Crippen LogP contribution in [0.2, 0.25) is 0 Å². The van der Waals surface area contributed by atoms with Crippen molar-refractivity contribution in [2.75, 3.05) is 19.7 Å². The van der Waals surface area contributed by atoms with Crippen LogP contribution in [0.5, 0.6) is 0 Å². The van der Waals surface area contributed by atoms with E-state index < -0.39 is 0 Å². The smallest absolute Gasteiger partial charge is 0.0982 e. The molecule has 3 rings (SSSR count). The third-order valence-corrected chi connectivity index (χ3v) is 4.44. The number of nitrogens with zero attached hydrogens (tertiary/aromatic N) is 1. The van der Waals surface area contributed by atoms with E-state index in [2.05, 4.69) is 36.9 Å². The molecule has 0 spiro atoms. The third-order valence-electron chi connectivity index (χ3n) is 4.44. The number of fused-ring (bicyclic) bond motifs is 1. The number of likely N-dealkylation sites (tertiary alicyclic amines) is 1. The molecule has 0 N–H and O–H groups in total. The van der Waals surface area contributed by atoms with E-state index in [0.29, 0.717) is 12.1 Å². The highest BCUT2D eigenvalue weighted by Gasteiger charge is 2.35. The zero-order chi connectivity index (χ0) is 12.5. The van der Waals surface area contributed by atoms with Crippen LogP contribution in [-0.2, 0) is 11.2 Å². The molecule has 0 aromatic heterocycles. The quantitative estimate of drug-likeness (QED) is 0.794. The molecule has 2 nitrogen and oxygen atoms in total. The zero-order valence-corrected chi connectivity index (χ0v) is 11.5. The molecule has 1 aromatic rings. The van der Waals surface area contributed by atoms with Gasteiger partial charge in [0.25, 0.3) is 0 Å². The van der Waals surface area contributed by atoms with E-state index in [9.17, 15) is 0 Å². The Hall–Kier alpha value is -0.860. The predicted molar refractivity (Wildman–Crippen MR) is 73.8 cm³/mol. The maximum atomic E-state index is 6.12. The van der Waals surface area contributed by atoms with Gasteiger partial charge in [0.2, 0.25) is 0 Å². The van der Waals surface area contributed by atoms with Gasteiger partial charge in [0.1, 0.15) is 0 Å². The number of hydrogen-bond acceptors (Lipinski definition) is 2. The molecule has 2 aliphatic heterocycles. The molecular formula is C16H23NO. The van der Waals surface area contributed by atoms with Gasteiger partial charge in [-0.05, 0) is 50.4 Å². The van der Waals surface area contributed by atoms with Gasteiger partial charge in [0.15, 0.2) is 0 Å². The summed E-state index contributed by atoms with van der Waals surface area (Å²) in [6.07, 6.45) is 3.98. The van der Waals surface area contributed by atoms with Crippen molar-refractivity contribution in [1.29, 1.82) is 0 Å². The average Bonchev–Trinajstić information content (AvgIpc) is 2.85. The van der Waals surface area contributed by atoms with Gasteiger partial charge in [-0.25, -0.2) is 0 Å². The van der Waals surface area contributed by atoms with Crippen molar-refractivity contribution in [2.45, 2.75) is 45.3 Å². The molecule has 0 amide bonds. The van der Waals surface area contributed by atoms with Gasteiger partial charge in [0, 0.05) is 6.04 Å². The summed E-state index contributed by atoms with van der Waals surface area (Å²) in [6, 6.07) is 7.46. The summed E-state index contributed by atoms with van der Waals surface area (Å²) in [5.41, 5.74) is 4.32. The summed E-state index contributed by atoms with van der Waals surface area (Å²) < 4.78 is 6.12. The van der Waals surface area contributed by atoms with E-state index in [1.54, 1.807) is 0 Å². The summed E-state index contributed by atoms with van der Waals surface area (Å²) in [4.78, 5) is 2.58. The normalized spacial score (nSPS) is 28.3. The van der Waals surface area contributed by atoms with Crippen molar-refractivity contribution < 1.29 is 4.74 Å². The molecule has 2 aliphatic rings. The Bertz CT molecular complexity index is 429. The van der Waals surface area contributed by atoms with Gasteiger partial charge >= 0.3 is 0 Å². The van der Waals surface area contributed by atoms with Crippen molar-refractivity contribution in [3.63, 3.8) is 0 Å². The van der Waals surface area contributed by atoms with E-state index in [0.717, 1.165) is 19.6 Å². The maximum Gasteiger partial charge on any atom is 0.0982 e. The molecule has 0 saturated carbocycles. The van der Waals surface area contributed by atoms with Gasteiger partial charge in [-0.3, -0.25) is 4.90 Å². The second kappa shape index (κ2) is 5.02. The molecule has 0 aliphatic carbocycles. The van der Waals surface area contributed by atoms with Crippen LogP contribution < -0.4 is 0 Å². The highest BCUT2D eigenvalue weighted by molar-refractivity contribution is 5.35. The largest absolute Gasteiger partial charge is 0.372 e. The lowest BCUT2D eigenvalue weighted by molar-refractivity contribution is -0.0107. The first-order valence-electron chi connectivity index (χ1n) is 7.24. The molecule has 1 saturated heterocycles. The lowest BCUT2D eigenvalue weighted by atomic mass is 9.91. The number of rotatable bonds is 2. The van der Waals surface area contributed by atoms with Crippen LogP contribution in [0.1, 0.15) is 42.6 Å². The molecule has 1 fully saturated rings. The molecule has 0 bridgehead atoms. The lowest BCUT2D eigenvalue weighted by Gasteiger charge is -2.35. The highest BCUT2D eigenvalue weighted by Crippen LogP contribution is 2.36. The molecule has 2 heterocycles. The monoisotopic (exact) mass is 245 g/mol. The Balaban J connectivity index is 1.91. The Morgan fingerprint density at radius 1 is 1.39 bits per heavy atom. The number of benzene rings is 1. The van der Waals surface area contributed by atoms with Crippen LogP contribution in [0.15, 0.2) is 18.2 Å². The van der Waals surface area contributed by atoms with E-state index in [1.165, 1.54) is 36.1 Å². The number of likely N-dealkylation sites (N-methyl/N-ethyl adjacent to an activating group) is 1. The van der Waals surface area contributed by atoms with Gasteiger partial charge < -0.3 is 4.74 Å². The minimum atomic E-state index is 0.303. The van der Waals surface area contributed by atoms with E-state index in [4.69, 9.17) is 4.74 Å². The first-order chi connectivity index (χ1) is 8.79. The van der Waals surface area contributed by atoms with Gasteiger partial charge in [-0.1, -0.05) is 30.7 Å². The fourth-order valence-electron chi connectivity index (χ4n) is 3.52. The number of ether oxygens (including phenoxy) is 1. The standard InChI is InChI=1S/C16H23NO/c1-3-17-9-4-5-15(17)16-14-7-6-12(2)11-13(14)8-10-18-16/h6-7,11,15-16H,3-5,8-10H2,1-2H3/t15-,16+/m0/s1. The fraction of sp³-hybridized carbons (Fsp3) is 0.625. The van der Waals surface area contributed by atoms with Crippen molar-refractivity contribution in [2.24, 2.45) is 0 Å². The Labute approximate surface area is 110 Å². The first-order valence-corrected chi connectivity index (χ1v) is 7.24.